The van der Waals surface area contributed by atoms with Gasteiger partial charge < -0.3 is 51.9 Å². The number of nitrogens with one attached hydrogen (secondary N) is 2. The first-order chi connectivity index (χ1) is 14.6. The molecular weight excluding hydrogens is 521 g/mol. The Hall–Kier alpha value is -1.77. The van der Waals surface area contributed by atoms with Gasteiger partial charge in [-0.2, -0.15) is 18.6 Å². The van der Waals surface area contributed by atoms with Crippen molar-refractivity contribution in [2.45, 2.75) is 48.9 Å². The third-order valence-corrected chi connectivity index (χ3v) is 5.70. The molecular formula is C22H17N2O6RuS-6. The summed E-state index contributed by atoms with van der Waals surface area (Å²) in [7, 11) is 0. The van der Waals surface area contributed by atoms with Crippen molar-refractivity contribution in [1.82, 2.24) is 10.6 Å². The van der Waals surface area contributed by atoms with E-state index in [4.69, 9.17) is 0 Å². The molecule has 171 valence electrons. The molecule has 2 aliphatic carbocycles. The number of hydrogen-bond donors (Lipinski definition) is 4. The molecule has 32 heavy (non-hydrogen) atoms. The van der Waals surface area contributed by atoms with Gasteiger partial charge in [-0.15, -0.1) is 11.8 Å². The molecule has 3 aliphatic rings. The number of carbonyl (C=O) groups is 4. The number of amides is 1. The minimum absolute atomic E-state index is 0. The van der Waals surface area contributed by atoms with Crippen LogP contribution in [-0.4, -0.2) is 56.0 Å². The minimum Gasteiger partial charge on any atom is -0.997 e. The maximum absolute atomic E-state index is 12.0. The zero-order valence-corrected chi connectivity index (χ0v) is 19.5. The summed E-state index contributed by atoms with van der Waals surface area (Å²) in [6.45, 7) is 3.37. The number of thioether (sulfide) groups is 1. The normalized spacial score (nSPS) is 23.4. The molecule has 4 N–H and O–H groups in total. The van der Waals surface area contributed by atoms with Gasteiger partial charge in [-0.1, -0.05) is 5.78 Å². The number of hydrogen-bond acceptors (Lipinski definition) is 6. The number of aliphatic carboxylic acids is 2. The van der Waals surface area contributed by atoms with Crippen LogP contribution in [0.2, 0.25) is 0 Å². The summed E-state index contributed by atoms with van der Waals surface area (Å²) in [5, 5.41) is 22.9. The van der Waals surface area contributed by atoms with Gasteiger partial charge in [0.2, 0.25) is 5.91 Å². The first-order valence-corrected chi connectivity index (χ1v) is 9.86. The maximum atomic E-state index is 12.0. The van der Waals surface area contributed by atoms with Gasteiger partial charge in [-0.25, -0.2) is 16.9 Å². The Morgan fingerprint density at radius 1 is 1.12 bits per heavy atom. The van der Waals surface area contributed by atoms with Gasteiger partial charge in [0.25, 0.3) is 0 Å². The summed E-state index contributed by atoms with van der Waals surface area (Å²) in [6.07, 6.45) is 22.1. The molecule has 10 heteroatoms. The van der Waals surface area contributed by atoms with Crippen LogP contribution in [0.1, 0.15) is 26.7 Å². The van der Waals surface area contributed by atoms with Crippen LogP contribution >= 0.6 is 11.8 Å². The molecule has 1 saturated heterocycles. The van der Waals surface area contributed by atoms with E-state index in [9.17, 15) is 29.4 Å². The Balaban J connectivity index is 0.000000750. The number of carbonyl (C=O) groups excluding carboxylic acids is 2. The van der Waals surface area contributed by atoms with Crippen LogP contribution in [0.15, 0.2) is 0 Å². The zero-order valence-electron chi connectivity index (χ0n) is 16.9. The van der Waals surface area contributed by atoms with E-state index in [2.05, 4.69) is 67.0 Å². The molecule has 8 nitrogen and oxygen atoms in total. The van der Waals surface area contributed by atoms with Crippen LogP contribution in [0, 0.1) is 62.3 Å². The summed E-state index contributed by atoms with van der Waals surface area (Å²) < 4.78 is -0.749. The van der Waals surface area contributed by atoms with Crippen LogP contribution < -0.4 is 10.6 Å². The van der Waals surface area contributed by atoms with Crippen LogP contribution in [0.3, 0.4) is 0 Å². The van der Waals surface area contributed by atoms with E-state index in [1.165, 1.54) is 0 Å². The molecule has 3 atom stereocenters. The van der Waals surface area contributed by atoms with Gasteiger partial charge in [0.15, 0.2) is 6.04 Å². The molecule has 3 rings (SSSR count). The molecule has 0 aromatic heterocycles. The molecule has 0 aromatic carbocycles. The molecule has 0 spiro atoms. The summed E-state index contributed by atoms with van der Waals surface area (Å²) in [5.41, 5.74) is 0. The predicted octanol–water partition coefficient (Wildman–Crippen LogP) is 0.117. The Kier molecular flexibility index (Phi) is 11.5. The summed E-state index contributed by atoms with van der Waals surface area (Å²) in [4.78, 5) is 46.7. The van der Waals surface area contributed by atoms with Crippen molar-refractivity contribution in [2.24, 2.45) is 0 Å². The minimum atomic E-state index is -1.33. The molecule has 9 radical (unpaired) electrons. The van der Waals surface area contributed by atoms with E-state index in [1.54, 1.807) is 13.8 Å². The number of rotatable bonds is 8. The number of carboxylic acids is 2. The number of Topliss-reactive ketones (excluding diaryl/α,β-unsaturated/α-hetero) is 1. The van der Waals surface area contributed by atoms with Gasteiger partial charge >= 0.3 is 11.9 Å². The quantitative estimate of drug-likeness (QED) is 0.253. The van der Waals surface area contributed by atoms with Gasteiger partial charge in [-0.05, 0) is 20.3 Å². The molecule has 0 unspecified atom stereocenters. The van der Waals surface area contributed by atoms with Crippen molar-refractivity contribution in [3.63, 3.8) is 0 Å². The maximum Gasteiger partial charge on any atom is 0.328 e. The Bertz CT molecular complexity index is 739. The molecule has 2 fully saturated rings. The van der Waals surface area contributed by atoms with Crippen molar-refractivity contribution in [3.05, 3.63) is 62.3 Å². The fourth-order valence-corrected chi connectivity index (χ4v) is 4.19. The topological polar surface area (TPSA) is 133 Å². The third-order valence-electron chi connectivity index (χ3n) is 4.20. The summed E-state index contributed by atoms with van der Waals surface area (Å²) in [6, 6.07) is -2.28. The number of allylic oxidation sites excluding steroid dienone is 4. The molecule has 1 aliphatic heterocycles. The van der Waals surface area contributed by atoms with Crippen molar-refractivity contribution in [3.8, 4) is 0 Å². The Labute approximate surface area is 205 Å². The van der Waals surface area contributed by atoms with E-state index in [-0.39, 0.29) is 44.0 Å². The fourth-order valence-electron chi connectivity index (χ4n) is 2.71. The van der Waals surface area contributed by atoms with Crippen molar-refractivity contribution in [1.29, 1.82) is 0 Å². The largest absolute Gasteiger partial charge is 0.997 e. The van der Waals surface area contributed by atoms with Gasteiger partial charge in [0.1, 0.15) is 6.04 Å². The SMILES string of the molecule is CC1(C)S[C@@H]([C@H](NC(=O)CCC(=O)[C-]2[C-][C-][C-][C-]2)C(=O)O)N[C@H]1C(=O)O.[C]1=[C][C-][C]=[C]1.[Ru]. The van der Waals surface area contributed by atoms with E-state index in [0.717, 1.165) is 11.8 Å². The molecule has 1 heterocycles. The molecule has 0 bridgehead atoms. The van der Waals surface area contributed by atoms with Crippen LogP contribution in [0.25, 0.3) is 0 Å². The van der Waals surface area contributed by atoms with Gasteiger partial charge in [-0.3, -0.25) is 14.9 Å². The van der Waals surface area contributed by atoms with Crippen LogP contribution in [-0.2, 0) is 38.7 Å². The monoisotopic (exact) mass is 539 g/mol. The average Bonchev–Trinajstić information content (AvgIpc) is 3.45. The Morgan fingerprint density at radius 3 is 2.16 bits per heavy atom. The van der Waals surface area contributed by atoms with E-state index in [0.29, 0.717) is 0 Å². The fraction of sp³-hybridized carbons (Fsp3) is 0.364. The number of carboxylic acid groups (broad SMARTS) is 2. The Morgan fingerprint density at radius 2 is 1.72 bits per heavy atom. The second-order valence-electron chi connectivity index (χ2n) is 6.89. The van der Waals surface area contributed by atoms with Crippen LogP contribution in [0.4, 0.5) is 0 Å². The zero-order chi connectivity index (χ0) is 23.0. The van der Waals surface area contributed by atoms with Crippen molar-refractivity contribution < 1.29 is 48.9 Å². The average molecular weight is 539 g/mol. The smallest absolute Gasteiger partial charge is 0.328 e. The third kappa shape index (κ3) is 8.30. The number of ketones is 1. The van der Waals surface area contributed by atoms with E-state index < -0.39 is 40.1 Å². The van der Waals surface area contributed by atoms with Crippen molar-refractivity contribution in [2.75, 3.05) is 0 Å². The standard InChI is InChI=1S/C17H17N2O6S.C5.Ru/c1-17(2)13(16(24)25)19-14(26-17)12(15(22)23)18-11(21)8-7-10(20)9-5-3-4-6-9;1-2-4-5-3-1;/h12-14,19H,7-8H2,1-2H3,(H,18,21)(H,22,23)(H,24,25);;/q-5;-1;/t12-,13-,14-;;/m0../s1. The van der Waals surface area contributed by atoms with Crippen molar-refractivity contribution >= 4 is 35.4 Å². The van der Waals surface area contributed by atoms with E-state index in [1.807, 2.05) is 0 Å². The van der Waals surface area contributed by atoms with Crippen LogP contribution in [0.5, 0.6) is 0 Å². The van der Waals surface area contributed by atoms with Gasteiger partial charge in [0, 0.05) is 30.6 Å². The van der Waals surface area contributed by atoms with Gasteiger partial charge in [0.05, 0.1) is 5.37 Å². The first-order valence-electron chi connectivity index (χ1n) is 8.98. The first kappa shape index (κ1) is 28.3. The molecule has 0 aromatic rings. The summed E-state index contributed by atoms with van der Waals surface area (Å²) in [5.74, 6) is -3.24. The second-order valence-corrected chi connectivity index (χ2v) is 8.68. The molecule has 1 amide bonds. The molecule has 1 saturated carbocycles. The predicted molar refractivity (Wildman–Crippen MR) is 106 cm³/mol. The summed E-state index contributed by atoms with van der Waals surface area (Å²) >= 11 is 1.13. The second kappa shape index (κ2) is 13.1. The van der Waals surface area contributed by atoms with E-state index >= 15 is 0 Å².